The van der Waals surface area contributed by atoms with E-state index in [-0.39, 0.29) is 18.4 Å². The minimum atomic E-state index is -1.17. The van der Waals surface area contributed by atoms with Gasteiger partial charge in [0.15, 0.2) is 0 Å². The van der Waals surface area contributed by atoms with Gasteiger partial charge in [-0.15, -0.1) is 0 Å². The molecule has 0 saturated carbocycles. The van der Waals surface area contributed by atoms with Gasteiger partial charge in [-0.3, -0.25) is 9.59 Å². The molecule has 10 heteroatoms. The highest BCUT2D eigenvalue weighted by molar-refractivity contribution is 8.01. The maximum absolute atomic E-state index is 14.7. The molecule has 0 spiro atoms. The second-order valence-electron chi connectivity index (χ2n) is 8.24. The average Bonchev–Trinajstić information content (AvgIpc) is 2.79. The number of ether oxygens (including phenoxy) is 1. The van der Waals surface area contributed by atoms with E-state index in [1.165, 1.54) is 22.9 Å². The van der Waals surface area contributed by atoms with Crippen LogP contribution in [-0.4, -0.2) is 64.1 Å². The van der Waals surface area contributed by atoms with Crippen LogP contribution in [0.3, 0.4) is 0 Å². The molecule has 0 aliphatic carbocycles. The number of hydrogen-bond donors (Lipinski definition) is 2. The summed E-state index contributed by atoms with van der Waals surface area (Å²) in [6.45, 7) is 3.70. The Hall–Kier alpha value is -2.33. The van der Waals surface area contributed by atoms with E-state index in [4.69, 9.17) is 16.3 Å². The Morgan fingerprint density at radius 1 is 1.26 bits per heavy atom. The smallest absolute Gasteiger partial charge is 0.306 e. The van der Waals surface area contributed by atoms with Gasteiger partial charge in [0.1, 0.15) is 11.9 Å². The van der Waals surface area contributed by atoms with E-state index >= 15 is 0 Å². The van der Waals surface area contributed by atoms with Crippen LogP contribution in [0.25, 0.3) is 0 Å². The maximum Gasteiger partial charge on any atom is 0.306 e. The molecule has 2 N–H and O–H groups in total. The number of para-hydroxylation sites is 1. The number of hydrogen-bond acceptors (Lipinski definition) is 6. The molecule has 1 saturated heterocycles. The van der Waals surface area contributed by atoms with Crippen LogP contribution in [-0.2, 0) is 14.3 Å². The number of carboxylic acid groups (broad SMARTS) is 1. The summed E-state index contributed by atoms with van der Waals surface area (Å²) in [5.41, 5.74) is 1.07. The van der Waals surface area contributed by atoms with Crippen LogP contribution in [0.5, 0.6) is 0 Å². The largest absolute Gasteiger partial charge is 0.481 e. The molecule has 1 aliphatic rings. The molecule has 2 aromatic carbocycles. The number of morpholine rings is 1. The highest BCUT2D eigenvalue weighted by Gasteiger charge is 2.42. The molecule has 1 heterocycles. The highest BCUT2D eigenvalue weighted by atomic mass is 35.5. The Bertz CT molecular complexity index is 994. The number of aliphatic hydroxyl groups excluding tert-OH is 1. The van der Waals surface area contributed by atoms with Crippen molar-refractivity contribution in [1.29, 1.82) is 0 Å². The first kappa shape index (κ1) is 26.3. The zero-order chi connectivity index (χ0) is 24.8. The minimum Gasteiger partial charge on any atom is -0.481 e. The predicted octanol–water partition coefficient (Wildman–Crippen LogP) is 4.15. The molecule has 0 aromatic heterocycles. The van der Waals surface area contributed by atoms with Crippen molar-refractivity contribution in [2.24, 2.45) is 0 Å². The van der Waals surface area contributed by atoms with Gasteiger partial charge in [-0.2, -0.15) is 0 Å². The van der Waals surface area contributed by atoms with E-state index in [9.17, 15) is 24.2 Å². The van der Waals surface area contributed by atoms with Crippen molar-refractivity contribution >= 4 is 41.1 Å². The summed E-state index contributed by atoms with van der Waals surface area (Å²) < 4.78 is 22.0. The van der Waals surface area contributed by atoms with Crippen LogP contribution in [0.4, 0.5) is 10.1 Å². The van der Waals surface area contributed by atoms with Crippen LogP contribution in [0.15, 0.2) is 48.5 Å². The van der Waals surface area contributed by atoms with Gasteiger partial charge in [-0.05, 0) is 41.8 Å². The zero-order valence-corrected chi connectivity index (χ0v) is 20.5. The van der Waals surface area contributed by atoms with Gasteiger partial charge < -0.3 is 24.2 Å². The fourth-order valence-corrected chi connectivity index (χ4v) is 5.05. The molecule has 1 fully saturated rings. The SMILES string of the molecule is CC(C)SN(C[C@H](CO)N1C(=O)[C@@H](CC(=O)O)OC[C@H]1c1ccc(Cl)cc1)c1ccccc1F. The molecular weight excluding hydrogens is 483 g/mol. The van der Waals surface area contributed by atoms with Gasteiger partial charge >= 0.3 is 5.97 Å². The monoisotopic (exact) mass is 510 g/mol. The Labute approximate surface area is 207 Å². The van der Waals surface area contributed by atoms with Crippen molar-refractivity contribution < 1.29 is 28.9 Å². The number of carbonyl (C=O) groups is 2. The summed E-state index contributed by atoms with van der Waals surface area (Å²) in [6, 6.07) is 11.9. The van der Waals surface area contributed by atoms with Gasteiger partial charge in [0.05, 0.1) is 44.0 Å². The zero-order valence-electron chi connectivity index (χ0n) is 18.9. The first-order valence-electron chi connectivity index (χ1n) is 10.9. The van der Waals surface area contributed by atoms with E-state index in [0.717, 1.165) is 5.56 Å². The Kier molecular flexibility index (Phi) is 9.18. The van der Waals surface area contributed by atoms with Crippen LogP contribution in [0, 0.1) is 5.82 Å². The summed E-state index contributed by atoms with van der Waals surface area (Å²) >= 11 is 7.41. The molecule has 1 aliphatic heterocycles. The van der Waals surface area contributed by atoms with Gasteiger partial charge in [0.2, 0.25) is 0 Å². The Morgan fingerprint density at radius 2 is 1.94 bits per heavy atom. The van der Waals surface area contributed by atoms with Gasteiger partial charge in [-0.1, -0.05) is 49.7 Å². The number of halogens is 2. The van der Waals surface area contributed by atoms with E-state index < -0.39 is 48.9 Å². The lowest BCUT2D eigenvalue weighted by molar-refractivity contribution is -0.169. The van der Waals surface area contributed by atoms with Crippen molar-refractivity contribution in [2.45, 2.75) is 43.7 Å². The van der Waals surface area contributed by atoms with Crippen LogP contribution >= 0.6 is 23.5 Å². The van der Waals surface area contributed by atoms with Crippen LogP contribution in [0.2, 0.25) is 5.02 Å². The fourth-order valence-electron chi connectivity index (χ4n) is 3.89. The number of anilines is 1. The van der Waals surface area contributed by atoms with Crippen molar-refractivity contribution in [3.05, 3.63) is 64.9 Å². The molecule has 3 rings (SSSR count). The number of aliphatic carboxylic acids is 1. The lowest BCUT2D eigenvalue weighted by Gasteiger charge is -2.44. The van der Waals surface area contributed by atoms with E-state index in [1.807, 2.05) is 13.8 Å². The van der Waals surface area contributed by atoms with Gasteiger partial charge in [-0.25, -0.2) is 4.39 Å². The quantitative estimate of drug-likeness (QED) is 0.464. The third-order valence-electron chi connectivity index (χ3n) is 5.38. The standard InChI is InChI=1S/C24H28ClFN2O5S/c1-15(2)34-27(20-6-4-3-5-19(20)26)12-18(13-29)28-21(16-7-9-17(25)10-8-16)14-33-22(24(28)32)11-23(30)31/h3-10,15,18,21-22,29H,11-14H2,1-2H3,(H,30,31)/t18-,21+,22-/m1/s1. The summed E-state index contributed by atoms with van der Waals surface area (Å²) in [6.07, 6.45) is -1.66. The number of carboxylic acids is 1. The molecule has 34 heavy (non-hydrogen) atoms. The number of benzene rings is 2. The first-order chi connectivity index (χ1) is 16.2. The van der Waals surface area contributed by atoms with Crippen molar-refractivity contribution in [1.82, 2.24) is 4.90 Å². The molecule has 3 atom stereocenters. The molecule has 7 nitrogen and oxygen atoms in total. The average molecular weight is 511 g/mol. The Balaban J connectivity index is 1.97. The van der Waals surface area contributed by atoms with Crippen molar-refractivity contribution in [3.63, 3.8) is 0 Å². The summed E-state index contributed by atoms with van der Waals surface area (Å²) in [5, 5.41) is 20.2. The third kappa shape index (κ3) is 6.41. The normalized spacial score (nSPS) is 19.4. The van der Waals surface area contributed by atoms with Crippen molar-refractivity contribution in [2.75, 3.05) is 24.1 Å². The third-order valence-corrected chi connectivity index (χ3v) is 6.65. The topological polar surface area (TPSA) is 90.3 Å². The number of nitrogens with zero attached hydrogens (tertiary/aromatic N) is 2. The van der Waals surface area contributed by atoms with Gasteiger partial charge in [0.25, 0.3) is 5.91 Å². The maximum atomic E-state index is 14.7. The van der Waals surface area contributed by atoms with Crippen molar-refractivity contribution in [3.8, 4) is 0 Å². The fraction of sp³-hybridized carbons (Fsp3) is 0.417. The molecule has 184 valence electrons. The first-order valence-corrected chi connectivity index (χ1v) is 12.1. The molecule has 2 aromatic rings. The molecule has 0 radical (unpaired) electrons. The number of carbonyl (C=O) groups excluding carboxylic acids is 1. The van der Waals surface area contributed by atoms with E-state index in [0.29, 0.717) is 10.7 Å². The molecular formula is C24H28ClFN2O5S. The lowest BCUT2D eigenvalue weighted by Crippen LogP contribution is -2.57. The number of amides is 1. The lowest BCUT2D eigenvalue weighted by atomic mass is 9.99. The second kappa shape index (κ2) is 11.9. The van der Waals surface area contributed by atoms with Gasteiger partial charge in [0, 0.05) is 10.3 Å². The Morgan fingerprint density at radius 3 is 2.53 bits per heavy atom. The van der Waals surface area contributed by atoms with E-state index in [2.05, 4.69) is 0 Å². The molecule has 0 unspecified atom stereocenters. The molecule has 1 amide bonds. The summed E-state index contributed by atoms with van der Waals surface area (Å²) in [7, 11) is 0. The summed E-state index contributed by atoms with van der Waals surface area (Å²) in [4.78, 5) is 26.2. The minimum absolute atomic E-state index is 0.0544. The summed E-state index contributed by atoms with van der Waals surface area (Å²) in [5.74, 6) is -2.11. The highest BCUT2D eigenvalue weighted by Crippen LogP contribution is 2.34. The van der Waals surface area contributed by atoms with E-state index in [1.54, 1.807) is 46.8 Å². The molecule has 0 bridgehead atoms. The number of aliphatic hydroxyl groups is 1. The van der Waals surface area contributed by atoms with Crippen LogP contribution < -0.4 is 4.31 Å². The number of rotatable bonds is 10. The second-order valence-corrected chi connectivity index (χ2v) is 10.3. The predicted molar refractivity (Wildman–Crippen MR) is 130 cm³/mol. The van der Waals surface area contributed by atoms with Crippen LogP contribution in [0.1, 0.15) is 31.9 Å².